The largest absolute Gasteiger partial charge is 0.373 e. The summed E-state index contributed by atoms with van der Waals surface area (Å²) in [5.74, 6) is -0.506. The highest BCUT2D eigenvalue weighted by Gasteiger charge is 2.18. The van der Waals surface area contributed by atoms with Gasteiger partial charge in [0.2, 0.25) is 10.0 Å². The van der Waals surface area contributed by atoms with E-state index >= 15 is 0 Å². The van der Waals surface area contributed by atoms with E-state index in [2.05, 4.69) is 27.2 Å². The van der Waals surface area contributed by atoms with Crippen molar-refractivity contribution in [1.29, 1.82) is 0 Å². The Kier molecular flexibility index (Phi) is 6.12. The fourth-order valence-corrected chi connectivity index (χ4v) is 3.45. The van der Waals surface area contributed by atoms with Gasteiger partial charge in [-0.25, -0.2) is 17.5 Å². The number of hydrogen-bond acceptors (Lipinski definition) is 3. The molecule has 0 aliphatic rings. The fourth-order valence-electron chi connectivity index (χ4n) is 1.29. The molecular weight excluding hydrogens is 337 g/mol. The van der Waals surface area contributed by atoms with Crippen molar-refractivity contribution in [2.75, 3.05) is 13.2 Å². The topological polar surface area (TPSA) is 55.4 Å². The summed E-state index contributed by atoms with van der Waals surface area (Å²) in [5, 5.41) is 0. The smallest absolute Gasteiger partial charge is 0.241 e. The Morgan fingerprint density at radius 2 is 2.26 bits per heavy atom. The van der Waals surface area contributed by atoms with Crippen LogP contribution in [0.5, 0.6) is 0 Å². The summed E-state index contributed by atoms with van der Waals surface area (Å²) in [6, 6.07) is 3.40. The van der Waals surface area contributed by atoms with Crippen molar-refractivity contribution in [2.45, 2.75) is 17.9 Å². The van der Waals surface area contributed by atoms with Gasteiger partial charge in [-0.05, 0) is 41.1 Å². The first kappa shape index (κ1) is 16.3. The molecule has 0 aromatic heterocycles. The maximum atomic E-state index is 12.9. The van der Waals surface area contributed by atoms with Crippen LogP contribution < -0.4 is 4.72 Å². The molecule has 0 bridgehead atoms. The van der Waals surface area contributed by atoms with Crippen molar-refractivity contribution in [3.8, 4) is 0 Å². The van der Waals surface area contributed by atoms with Gasteiger partial charge < -0.3 is 4.74 Å². The van der Waals surface area contributed by atoms with Crippen molar-refractivity contribution in [1.82, 2.24) is 4.72 Å². The van der Waals surface area contributed by atoms with Gasteiger partial charge >= 0.3 is 0 Å². The third-order valence-electron chi connectivity index (χ3n) is 2.24. The van der Waals surface area contributed by atoms with Gasteiger partial charge in [-0.2, -0.15) is 0 Å². The van der Waals surface area contributed by atoms with Gasteiger partial charge in [-0.3, -0.25) is 0 Å². The maximum Gasteiger partial charge on any atom is 0.241 e. The van der Waals surface area contributed by atoms with Crippen LogP contribution >= 0.6 is 15.9 Å². The average Bonchev–Trinajstić information content (AvgIpc) is 2.33. The summed E-state index contributed by atoms with van der Waals surface area (Å²) in [6.45, 7) is 5.72. The molecule has 1 N–H and O–H groups in total. The second-order valence-corrected chi connectivity index (χ2v) is 6.45. The predicted octanol–water partition coefficient (Wildman–Crippen LogP) is 2.46. The molecule has 7 heteroatoms. The van der Waals surface area contributed by atoms with Gasteiger partial charge in [0.25, 0.3) is 0 Å². The average molecular weight is 352 g/mol. The second kappa shape index (κ2) is 7.14. The highest BCUT2D eigenvalue weighted by atomic mass is 79.9. The highest BCUT2D eigenvalue weighted by Crippen LogP contribution is 2.22. The number of rotatable bonds is 7. The number of nitrogens with one attached hydrogen (secondary N) is 1. The number of sulfonamides is 1. The molecule has 19 heavy (non-hydrogen) atoms. The summed E-state index contributed by atoms with van der Waals surface area (Å²) in [7, 11) is -3.70. The molecule has 0 aliphatic heterocycles. The Labute approximate surface area is 120 Å². The third-order valence-corrected chi connectivity index (χ3v) is 4.64. The molecular formula is C12H15BrFNO3S. The minimum Gasteiger partial charge on any atom is -0.373 e. The molecule has 0 amide bonds. The summed E-state index contributed by atoms with van der Waals surface area (Å²) in [6.07, 6.45) is 1.30. The minimum atomic E-state index is -3.70. The zero-order chi connectivity index (χ0) is 14.5. The lowest BCUT2D eigenvalue weighted by atomic mass is 10.3. The van der Waals surface area contributed by atoms with Crippen molar-refractivity contribution >= 4 is 26.0 Å². The van der Waals surface area contributed by atoms with E-state index in [1.54, 1.807) is 13.0 Å². The van der Waals surface area contributed by atoms with Crippen LogP contribution in [0.1, 0.15) is 6.92 Å². The molecule has 0 radical (unpaired) electrons. The van der Waals surface area contributed by atoms with Crippen LogP contribution in [0.25, 0.3) is 0 Å². The van der Waals surface area contributed by atoms with E-state index in [1.807, 2.05) is 0 Å². The zero-order valence-electron chi connectivity index (χ0n) is 10.4. The third kappa shape index (κ3) is 5.02. The Bertz CT molecular complexity index is 548. The zero-order valence-corrected chi connectivity index (χ0v) is 12.8. The molecule has 1 aromatic carbocycles. The highest BCUT2D eigenvalue weighted by molar-refractivity contribution is 9.10. The molecule has 0 saturated carbocycles. The minimum absolute atomic E-state index is 0.00943. The first-order valence-corrected chi connectivity index (χ1v) is 7.81. The maximum absolute atomic E-state index is 12.9. The standard InChI is InChI=1S/C12H15BrFNO3S/c1-3-6-18-9(2)8-15-19(16,17)12-5-4-10(14)7-11(12)13/h3-5,7,9,15H,1,6,8H2,2H3. The van der Waals surface area contributed by atoms with Crippen LogP contribution in [-0.4, -0.2) is 27.7 Å². The molecule has 4 nitrogen and oxygen atoms in total. The van der Waals surface area contributed by atoms with Crippen LogP contribution in [0.15, 0.2) is 40.2 Å². The lowest BCUT2D eigenvalue weighted by Gasteiger charge is -2.13. The lowest BCUT2D eigenvalue weighted by molar-refractivity contribution is 0.0921. The van der Waals surface area contributed by atoms with Crippen molar-refractivity contribution in [3.05, 3.63) is 41.1 Å². The van der Waals surface area contributed by atoms with E-state index < -0.39 is 15.8 Å². The van der Waals surface area contributed by atoms with Gasteiger partial charge in [0.1, 0.15) is 5.82 Å². The molecule has 0 saturated heterocycles. The Hall–Kier alpha value is -0.760. The predicted molar refractivity (Wildman–Crippen MR) is 74.9 cm³/mol. The van der Waals surface area contributed by atoms with Crippen molar-refractivity contribution < 1.29 is 17.5 Å². The first-order chi connectivity index (χ1) is 8.86. The van der Waals surface area contributed by atoms with E-state index in [9.17, 15) is 12.8 Å². The summed E-state index contributed by atoms with van der Waals surface area (Å²) >= 11 is 3.03. The van der Waals surface area contributed by atoms with Gasteiger partial charge in [0.05, 0.1) is 17.6 Å². The van der Waals surface area contributed by atoms with E-state index in [4.69, 9.17) is 4.74 Å². The molecule has 106 valence electrons. The quantitative estimate of drug-likeness (QED) is 0.767. The van der Waals surface area contributed by atoms with Gasteiger partial charge in [0, 0.05) is 11.0 Å². The van der Waals surface area contributed by atoms with Gasteiger partial charge in [0.15, 0.2) is 0 Å². The van der Waals surface area contributed by atoms with Crippen LogP contribution in [0, 0.1) is 5.82 Å². The first-order valence-electron chi connectivity index (χ1n) is 5.54. The summed E-state index contributed by atoms with van der Waals surface area (Å²) in [5.41, 5.74) is 0. The van der Waals surface area contributed by atoms with E-state index in [0.29, 0.717) is 6.61 Å². The number of hydrogen-bond donors (Lipinski definition) is 1. The fraction of sp³-hybridized carbons (Fsp3) is 0.333. The SMILES string of the molecule is C=CCOC(C)CNS(=O)(=O)c1ccc(F)cc1Br. The Morgan fingerprint density at radius 1 is 1.58 bits per heavy atom. The second-order valence-electron chi connectivity index (χ2n) is 3.86. The number of halogens is 2. The van der Waals surface area contributed by atoms with Crippen LogP contribution in [0.4, 0.5) is 4.39 Å². The lowest BCUT2D eigenvalue weighted by Crippen LogP contribution is -2.32. The van der Waals surface area contributed by atoms with E-state index in [1.165, 1.54) is 6.07 Å². The molecule has 1 aromatic rings. The molecule has 0 spiro atoms. The van der Waals surface area contributed by atoms with Crippen LogP contribution in [-0.2, 0) is 14.8 Å². The Balaban J connectivity index is 2.73. The van der Waals surface area contributed by atoms with Crippen molar-refractivity contribution in [2.24, 2.45) is 0 Å². The van der Waals surface area contributed by atoms with Crippen LogP contribution in [0.3, 0.4) is 0 Å². The van der Waals surface area contributed by atoms with Crippen molar-refractivity contribution in [3.63, 3.8) is 0 Å². The molecule has 0 fully saturated rings. The molecule has 0 aliphatic carbocycles. The normalized spacial score (nSPS) is 13.2. The van der Waals surface area contributed by atoms with E-state index in [0.717, 1.165) is 12.1 Å². The molecule has 1 rings (SSSR count). The Morgan fingerprint density at radius 3 is 2.84 bits per heavy atom. The number of benzene rings is 1. The number of ether oxygens (including phenoxy) is 1. The molecule has 1 unspecified atom stereocenters. The van der Waals surface area contributed by atoms with Crippen LogP contribution in [0.2, 0.25) is 0 Å². The monoisotopic (exact) mass is 351 g/mol. The summed E-state index contributed by atoms with van der Waals surface area (Å²) in [4.78, 5) is -0.00943. The molecule has 0 heterocycles. The van der Waals surface area contributed by atoms with Gasteiger partial charge in [-0.1, -0.05) is 6.08 Å². The summed E-state index contributed by atoms with van der Waals surface area (Å²) < 4.78 is 44.8. The van der Waals surface area contributed by atoms with Gasteiger partial charge in [-0.15, -0.1) is 6.58 Å². The van der Waals surface area contributed by atoms with E-state index in [-0.39, 0.29) is 22.0 Å². The molecule has 1 atom stereocenters.